The van der Waals surface area contributed by atoms with Gasteiger partial charge in [0.25, 0.3) is 0 Å². The van der Waals surface area contributed by atoms with Crippen molar-refractivity contribution in [3.8, 4) is 0 Å². The lowest BCUT2D eigenvalue weighted by Crippen LogP contribution is -2.41. The quantitative estimate of drug-likeness (QED) is 0.804. The summed E-state index contributed by atoms with van der Waals surface area (Å²) in [7, 11) is 0. The van der Waals surface area contributed by atoms with Gasteiger partial charge in [-0.2, -0.15) is 0 Å². The Kier molecular flexibility index (Phi) is 3.46. The summed E-state index contributed by atoms with van der Waals surface area (Å²) in [4.78, 5) is 0. The molecule has 0 radical (unpaired) electrons. The lowest BCUT2D eigenvalue weighted by Gasteiger charge is -2.45. The highest BCUT2D eigenvalue weighted by Gasteiger charge is 2.45. The Hall–Kier alpha value is -0.960. The van der Waals surface area contributed by atoms with Gasteiger partial charge in [-0.05, 0) is 49.1 Å². The summed E-state index contributed by atoms with van der Waals surface area (Å²) >= 11 is 0. The molecular weight excluding hydrogens is 246 g/mol. The van der Waals surface area contributed by atoms with Gasteiger partial charge in [0.1, 0.15) is 11.6 Å². The summed E-state index contributed by atoms with van der Waals surface area (Å²) in [5, 5.41) is 10.9. The number of hydrogen-bond acceptors (Lipinski definition) is 1. The molecule has 0 amide bonds. The minimum absolute atomic E-state index is 0.116. The van der Waals surface area contributed by atoms with Crippen molar-refractivity contribution in [1.29, 1.82) is 0 Å². The van der Waals surface area contributed by atoms with E-state index in [0.29, 0.717) is 18.4 Å². The first-order valence-electron chi connectivity index (χ1n) is 6.82. The van der Waals surface area contributed by atoms with E-state index in [0.717, 1.165) is 6.42 Å². The smallest absolute Gasteiger partial charge is 0.135 e. The molecule has 0 spiro atoms. The Morgan fingerprint density at radius 2 is 1.84 bits per heavy atom. The van der Waals surface area contributed by atoms with E-state index in [-0.39, 0.29) is 16.9 Å². The van der Waals surface area contributed by atoms with Gasteiger partial charge in [0.15, 0.2) is 0 Å². The van der Waals surface area contributed by atoms with Gasteiger partial charge < -0.3 is 5.11 Å². The maximum absolute atomic E-state index is 14.3. The fourth-order valence-electron chi connectivity index (χ4n) is 3.80. The average molecular weight is 268 g/mol. The third-order valence-electron chi connectivity index (χ3n) is 4.11. The normalized spacial score (nSPS) is 30.4. The highest BCUT2D eigenvalue weighted by atomic mass is 19.1. The fraction of sp³-hybridized carbons (Fsp3) is 0.625. The molecule has 1 fully saturated rings. The highest BCUT2D eigenvalue weighted by molar-refractivity contribution is 5.32. The second-order valence-electron chi connectivity index (χ2n) is 6.94. The molecule has 1 aromatic rings. The summed E-state index contributed by atoms with van der Waals surface area (Å²) in [5.41, 5.74) is -1.29. The lowest BCUT2D eigenvalue weighted by molar-refractivity contribution is -0.0680. The Labute approximate surface area is 113 Å². The highest BCUT2D eigenvalue weighted by Crippen LogP contribution is 2.49. The molecular formula is C16H22F2O. The number of rotatable bonds is 1. The topological polar surface area (TPSA) is 20.2 Å². The van der Waals surface area contributed by atoms with Crippen molar-refractivity contribution in [3.63, 3.8) is 0 Å². The van der Waals surface area contributed by atoms with E-state index in [4.69, 9.17) is 0 Å². The fourth-order valence-corrected chi connectivity index (χ4v) is 3.80. The first kappa shape index (κ1) is 14.4. The molecule has 2 rings (SSSR count). The summed E-state index contributed by atoms with van der Waals surface area (Å²) in [6, 6.07) is 2.66. The third kappa shape index (κ3) is 2.66. The van der Waals surface area contributed by atoms with E-state index < -0.39 is 17.2 Å². The zero-order chi connectivity index (χ0) is 14.4. The van der Waals surface area contributed by atoms with Gasteiger partial charge in [-0.25, -0.2) is 8.78 Å². The van der Waals surface area contributed by atoms with Crippen molar-refractivity contribution >= 4 is 0 Å². The van der Waals surface area contributed by atoms with Gasteiger partial charge in [0.05, 0.1) is 11.2 Å². The average Bonchev–Trinajstić information content (AvgIpc) is 2.20. The maximum Gasteiger partial charge on any atom is 0.135 e. The second-order valence-corrected chi connectivity index (χ2v) is 6.94. The van der Waals surface area contributed by atoms with Crippen LogP contribution in [0.25, 0.3) is 0 Å². The van der Waals surface area contributed by atoms with Crippen LogP contribution in [0.3, 0.4) is 0 Å². The van der Waals surface area contributed by atoms with Gasteiger partial charge in [-0.15, -0.1) is 0 Å². The van der Waals surface area contributed by atoms with Gasteiger partial charge in [-0.3, -0.25) is 0 Å². The van der Waals surface area contributed by atoms with E-state index >= 15 is 0 Å². The SMILES string of the molecule is Cc1ccc(F)c(C2(O)CC(C)CC(C)(C)C2)c1F. The van der Waals surface area contributed by atoms with E-state index in [1.807, 2.05) is 20.8 Å². The number of benzene rings is 1. The van der Waals surface area contributed by atoms with Crippen LogP contribution in [0.4, 0.5) is 8.78 Å². The number of aryl methyl sites for hydroxylation is 1. The standard InChI is InChI=1S/C16H22F2O/c1-10-7-15(3,4)9-16(19,8-10)13-12(17)6-5-11(2)14(13)18/h5-6,10,19H,7-9H2,1-4H3. The monoisotopic (exact) mass is 268 g/mol. The molecule has 1 aliphatic carbocycles. The molecule has 3 heteroatoms. The minimum atomic E-state index is -1.40. The molecule has 1 nitrogen and oxygen atoms in total. The van der Waals surface area contributed by atoms with Crippen molar-refractivity contribution in [2.24, 2.45) is 11.3 Å². The molecule has 0 aromatic heterocycles. The van der Waals surface area contributed by atoms with Crippen LogP contribution >= 0.6 is 0 Å². The molecule has 1 saturated carbocycles. The summed E-state index contributed by atoms with van der Waals surface area (Å²) in [6.45, 7) is 7.70. The van der Waals surface area contributed by atoms with Crippen LogP contribution < -0.4 is 0 Å². The van der Waals surface area contributed by atoms with Gasteiger partial charge in [0, 0.05) is 0 Å². The molecule has 2 atom stereocenters. The molecule has 0 saturated heterocycles. The van der Waals surface area contributed by atoms with E-state index in [9.17, 15) is 13.9 Å². The van der Waals surface area contributed by atoms with Crippen LogP contribution in [0.2, 0.25) is 0 Å². The van der Waals surface area contributed by atoms with Gasteiger partial charge in [0.2, 0.25) is 0 Å². The molecule has 0 bridgehead atoms. The Morgan fingerprint density at radius 1 is 1.21 bits per heavy atom. The molecule has 106 valence electrons. The molecule has 1 aliphatic rings. The largest absolute Gasteiger partial charge is 0.385 e. The predicted molar refractivity (Wildman–Crippen MR) is 71.8 cm³/mol. The van der Waals surface area contributed by atoms with Gasteiger partial charge in [-0.1, -0.05) is 26.8 Å². The molecule has 0 aliphatic heterocycles. The maximum atomic E-state index is 14.3. The minimum Gasteiger partial charge on any atom is -0.385 e. The zero-order valence-corrected chi connectivity index (χ0v) is 12.1. The molecule has 1 N–H and O–H groups in total. The first-order valence-corrected chi connectivity index (χ1v) is 6.82. The molecule has 1 aromatic carbocycles. The Morgan fingerprint density at radius 3 is 2.42 bits per heavy atom. The Balaban J connectivity index is 2.53. The van der Waals surface area contributed by atoms with Crippen LogP contribution in [-0.2, 0) is 5.60 Å². The van der Waals surface area contributed by atoms with E-state index in [1.165, 1.54) is 12.1 Å². The lowest BCUT2D eigenvalue weighted by atomic mass is 9.63. The van der Waals surface area contributed by atoms with Crippen LogP contribution in [0.1, 0.15) is 51.2 Å². The van der Waals surface area contributed by atoms with Crippen molar-refractivity contribution in [3.05, 3.63) is 34.9 Å². The number of halogens is 2. The van der Waals surface area contributed by atoms with Crippen LogP contribution in [0.5, 0.6) is 0 Å². The number of aliphatic hydroxyl groups is 1. The van der Waals surface area contributed by atoms with Crippen molar-refractivity contribution in [1.82, 2.24) is 0 Å². The third-order valence-corrected chi connectivity index (χ3v) is 4.11. The second kappa shape index (κ2) is 4.55. The van der Waals surface area contributed by atoms with E-state index in [1.54, 1.807) is 6.92 Å². The Bertz CT molecular complexity index is 496. The first-order chi connectivity index (χ1) is 8.65. The van der Waals surface area contributed by atoms with Crippen molar-refractivity contribution in [2.75, 3.05) is 0 Å². The van der Waals surface area contributed by atoms with Crippen LogP contribution in [0.15, 0.2) is 12.1 Å². The van der Waals surface area contributed by atoms with Crippen molar-refractivity contribution < 1.29 is 13.9 Å². The summed E-state index contributed by atoms with van der Waals surface area (Å²) in [5.74, 6) is -1.00. The molecule has 2 unspecified atom stereocenters. The predicted octanol–water partition coefficient (Wildman–Crippen LogP) is 4.31. The number of hydrogen-bond donors (Lipinski definition) is 1. The van der Waals surface area contributed by atoms with Crippen LogP contribution in [0, 0.1) is 29.9 Å². The van der Waals surface area contributed by atoms with Crippen LogP contribution in [-0.4, -0.2) is 5.11 Å². The molecule has 0 heterocycles. The van der Waals surface area contributed by atoms with E-state index in [2.05, 4.69) is 0 Å². The summed E-state index contributed by atoms with van der Waals surface area (Å²) in [6.07, 6.45) is 1.76. The van der Waals surface area contributed by atoms with Gasteiger partial charge >= 0.3 is 0 Å². The molecule has 19 heavy (non-hydrogen) atoms. The summed E-state index contributed by atoms with van der Waals surface area (Å²) < 4.78 is 28.3. The van der Waals surface area contributed by atoms with Crippen molar-refractivity contribution in [2.45, 2.75) is 52.6 Å². The zero-order valence-electron chi connectivity index (χ0n) is 12.1.